The predicted octanol–water partition coefficient (Wildman–Crippen LogP) is -1.37. The largest absolute Gasteiger partial charge is 0.394 e. The van der Waals surface area contributed by atoms with E-state index in [4.69, 9.17) is 15.9 Å². The summed E-state index contributed by atoms with van der Waals surface area (Å²) in [4.78, 5) is 36.6. The first kappa shape index (κ1) is 21.5. The molecule has 30 heavy (non-hydrogen) atoms. The Balaban J connectivity index is 1.63. The zero-order valence-corrected chi connectivity index (χ0v) is 16.1. The molecule has 1 saturated heterocycles. The number of rotatable bonds is 9. The lowest BCUT2D eigenvalue weighted by molar-refractivity contribution is -0.134. The fourth-order valence-electron chi connectivity index (χ4n) is 3.13. The first-order valence-electron chi connectivity index (χ1n) is 9.44. The molecule has 1 aliphatic rings. The van der Waals surface area contributed by atoms with Crippen LogP contribution in [0, 0.1) is 5.41 Å². The normalized spacial score (nSPS) is 20.9. The third-order valence-corrected chi connectivity index (χ3v) is 4.68. The monoisotopic (exact) mass is 420 g/mol. The molecule has 7 N–H and O–H groups in total. The number of imidazole rings is 1. The number of guanidine groups is 1. The van der Waals surface area contributed by atoms with Crippen molar-refractivity contribution in [3.05, 3.63) is 12.7 Å². The molecule has 0 aliphatic carbocycles. The second-order valence-corrected chi connectivity index (χ2v) is 6.84. The number of ether oxygens (including phenoxy) is 1. The number of hydrogen-bond acceptors (Lipinski definition) is 9. The highest BCUT2D eigenvalue weighted by atomic mass is 16.5. The summed E-state index contributed by atoms with van der Waals surface area (Å²) in [6, 6.07) is 0. The van der Waals surface area contributed by atoms with Gasteiger partial charge >= 0.3 is 0 Å². The lowest BCUT2D eigenvalue weighted by Gasteiger charge is -2.13. The molecule has 1 fully saturated rings. The van der Waals surface area contributed by atoms with Crippen molar-refractivity contribution in [2.45, 2.75) is 44.1 Å². The third kappa shape index (κ3) is 4.87. The molecule has 0 bridgehead atoms. The molecule has 162 valence electrons. The van der Waals surface area contributed by atoms with Crippen LogP contribution in [0.25, 0.3) is 11.2 Å². The minimum absolute atomic E-state index is 0.0461. The molecule has 0 unspecified atom stereocenters. The van der Waals surface area contributed by atoms with Crippen LogP contribution in [0.1, 0.15) is 31.9 Å². The summed E-state index contributed by atoms with van der Waals surface area (Å²) >= 11 is 0. The number of ketones is 1. The van der Waals surface area contributed by atoms with E-state index in [9.17, 15) is 19.8 Å². The number of Topliss-reactive ketones (excluding diaryl/α,β-unsaturated/α-hetero) is 1. The molecule has 3 atom stereocenters. The lowest BCUT2D eigenvalue weighted by atomic mass is 10.1. The average molecular weight is 420 g/mol. The summed E-state index contributed by atoms with van der Waals surface area (Å²) in [5.74, 6) is -1.46. The summed E-state index contributed by atoms with van der Waals surface area (Å²) in [6.07, 6.45) is 1.92. The number of nitrogens with two attached hydrogens (primary N) is 1. The van der Waals surface area contributed by atoms with Crippen LogP contribution in [0.15, 0.2) is 12.7 Å². The maximum absolute atomic E-state index is 12.2. The van der Waals surface area contributed by atoms with E-state index in [2.05, 4.69) is 25.6 Å². The van der Waals surface area contributed by atoms with Crippen LogP contribution in [-0.2, 0) is 14.3 Å². The molecule has 3 rings (SSSR count). The van der Waals surface area contributed by atoms with E-state index in [1.807, 2.05) is 0 Å². The number of amides is 1. The quantitative estimate of drug-likeness (QED) is 0.122. The molecule has 1 amide bonds. The van der Waals surface area contributed by atoms with Gasteiger partial charge in [-0.05, 0) is 12.8 Å². The van der Waals surface area contributed by atoms with E-state index in [1.54, 1.807) is 4.57 Å². The number of nitrogens with one attached hydrogen (secondary N) is 3. The second kappa shape index (κ2) is 9.56. The molecule has 0 spiro atoms. The Kier molecular flexibility index (Phi) is 6.87. The number of carbonyl (C=O) groups is 2. The van der Waals surface area contributed by atoms with E-state index in [0.29, 0.717) is 25.0 Å². The van der Waals surface area contributed by atoms with Crippen LogP contribution in [0.3, 0.4) is 0 Å². The molecule has 13 heteroatoms. The highest BCUT2D eigenvalue weighted by Gasteiger charge is 2.35. The van der Waals surface area contributed by atoms with Gasteiger partial charge in [0, 0.05) is 19.4 Å². The standard InChI is InChI=1S/C17H24N8O5/c18-17(19)20-4-2-1-3-9(27)16(29)24-14-13-15(22-7-21-14)25(8-23-13)12-5-10(28)11(6-26)30-12/h7-8,10-12,26,28H,1-6H2,(H4,18,19,20)(H,21,22,24,29)/t10-,11+,12+/m0/s1. The van der Waals surface area contributed by atoms with E-state index in [0.717, 1.165) is 0 Å². The highest BCUT2D eigenvalue weighted by Crippen LogP contribution is 2.31. The van der Waals surface area contributed by atoms with Gasteiger partial charge in [0.1, 0.15) is 18.7 Å². The number of carbonyl (C=O) groups excluding carboxylic acids is 2. The van der Waals surface area contributed by atoms with E-state index in [-0.39, 0.29) is 36.7 Å². The van der Waals surface area contributed by atoms with E-state index < -0.39 is 30.1 Å². The van der Waals surface area contributed by atoms with Crippen molar-refractivity contribution in [3.8, 4) is 0 Å². The van der Waals surface area contributed by atoms with Crippen LogP contribution in [0.5, 0.6) is 0 Å². The zero-order valence-electron chi connectivity index (χ0n) is 16.1. The van der Waals surface area contributed by atoms with E-state index in [1.165, 1.54) is 12.7 Å². The molecule has 0 aromatic carbocycles. The number of nitrogens with zero attached hydrogens (tertiary/aromatic N) is 4. The first-order valence-corrected chi connectivity index (χ1v) is 9.44. The van der Waals surface area contributed by atoms with Gasteiger partial charge in [-0.1, -0.05) is 0 Å². The molecule has 0 saturated carbocycles. The SMILES string of the molecule is N=C(N)NCCCCC(=O)C(=O)Nc1ncnc2c1ncn2[C@H]1C[C@H](O)[C@@H](CO)O1. The fourth-order valence-corrected chi connectivity index (χ4v) is 3.13. The number of hydrogen-bond donors (Lipinski definition) is 6. The topological polar surface area (TPSA) is 201 Å². The van der Waals surface area contributed by atoms with E-state index >= 15 is 0 Å². The zero-order chi connectivity index (χ0) is 21.7. The van der Waals surface area contributed by atoms with Gasteiger partial charge in [0.05, 0.1) is 19.0 Å². The fraction of sp³-hybridized carbons (Fsp3) is 0.529. The van der Waals surface area contributed by atoms with Crippen molar-refractivity contribution in [1.82, 2.24) is 24.8 Å². The van der Waals surface area contributed by atoms with Crippen molar-refractivity contribution in [1.29, 1.82) is 5.41 Å². The average Bonchev–Trinajstić information content (AvgIpc) is 3.30. The Morgan fingerprint density at radius 2 is 2.13 bits per heavy atom. The lowest BCUT2D eigenvalue weighted by Crippen LogP contribution is -2.31. The van der Waals surface area contributed by atoms with Gasteiger partial charge in [0.15, 0.2) is 22.9 Å². The van der Waals surface area contributed by atoms with Crippen molar-refractivity contribution in [2.75, 3.05) is 18.5 Å². The molecule has 0 radical (unpaired) electrons. The van der Waals surface area contributed by atoms with Crippen molar-refractivity contribution in [2.24, 2.45) is 5.73 Å². The van der Waals surface area contributed by atoms with Crippen molar-refractivity contribution >= 4 is 34.6 Å². The number of fused-ring (bicyclic) bond motifs is 1. The predicted molar refractivity (Wildman–Crippen MR) is 104 cm³/mol. The van der Waals surface area contributed by atoms with Gasteiger partial charge in [-0.15, -0.1) is 0 Å². The van der Waals surface area contributed by atoms with Gasteiger partial charge in [-0.2, -0.15) is 0 Å². The van der Waals surface area contributed by atoms with Gasteiger partial charge in [-0.3, -0.25) is 19.6 Å². The van der Waals surface area contributed by atoms with Crippen LogP contribution >= 0.6 is 0 Å². The Hall–Kier alpha value is -3.16. The van der Waals surface area contributed by atoms with Gasteiger partial charge < -0.3 is 31.3 Å². The molecular formula is C17H24N8O5. The second-order valence-electron chi connectivity index (χ2n) is 6.84. The van der Waals surface area contributed by atoms with Gasteiger partial charge in [0.25, 0.3) is 5.91 Å². The molecule has 1 aliphatic heterocycles. The van der Waals surface area contributed by atoms with Gasteiger partial charge in [0.2, 0.25) is 5.78 Å². The maximum Gasteiger partial charge on any atom is 0.292 e. The summed E-state index contributed by atoms with van der Waals surface area (Å²) in [6.45, 7) is 0.136. The number of aliphatic hydroxyl groups excluding tert-OH is 2. The maximum atomic E-state index is 12.2. The van der Waals surface area contributed by atoms with Crippen LogP contribution < -0.4 is 16.4 Å². The summed E-state index contributed by atoms with van der Waals surface area (Å²) in [5.41, 5.74) is 5.80. The molecular weight excluding hydrogens is 396 g/mol. The minimum Gasteiger partial charge on any atom is -0.394 e. The van der Waals surface area contributed by atoms with Crippen LogP contribution in [-0.4, -0.2) is 72.7 Å². The van der Waals surface area contributed by atoms with Crippen molar-refractivity contribution in [3.63, 3.8) is 0 Å². The Bertz CT molecular complexity index is 932. The Labute approximate surface area is 171 Å². The summed E-state index contributed by atoms with van der Waals surface area (Å²) in [5, 5.41) is 31.3. The summed E-state index contributed by atoms with van der Waals surface area (Å²) < 4.78 is 7.19. The van der Waals surface area contributed by atoms with Crippen molar-refractivity contribution < 1.29 is 24.5 Å². The number of unbranched alkanes of at least 4 members (excludes halogenated alkanes) is 1. The molecule has 2 aromatic heterocycles. The smallest absolute Gasteiger partial charge is 0.292 e. The minimum atomic E-state index is -0.818. The number of aliphatic hydroxyl groups is 2. The summed E-state index contributed by atoms with van der Waals surface area (Å²) in [7, 11) is 0. The Morgan fingerprint density at radius 3 is 2.83 bits per heavy atom. The van der Waals surface area contributed by atoms with Gasteiger partial charge in [-0.25, -0.2) is 15.0 Å². The first-order chi connectivity index (χ1) is 14.4. The van der Waals surface area contributed by atoms with Crippen LogP contribution in [0.2, 0.25) is 0 Å². The molecule has 2 aromatic rings. The highest BCUT2D eigenvalue weighted by molar-refractivity contribution is 6.40. The molecule has 3 heterocycles. The molecule has 13 nitrogen and oxygen atoms in total. The number of anilines is 1. The number of aromatic nitrogens is 4. The van der Waals surface area contributed by atoms with Crippen LogP contribution in [0.4, 0.5) is 5.82 Å². The Morgan fingerprint density at radius 1 is 1.33 bits per heavy atom. The third-order valence-electron chi connectivity index (χ3n) is 4.68.